The molecule has 2 atom stereocenters. The van der Waals surface area contributed by atoms with Crippen LogP contribution in [0.4, 0.5) is 0 Å². The molecule has 2 unspecified atom stereocenters. The maximum Gasteiger partial charge on any atom is 0.224 e. The second-order valence-electron chi connectivity index (χ2n) is 5.17. The lowest BCUT2D eigenvalue weighted by molar-refractivity contribution is -0.131. The van der Waals surface area contributed by atoms with Crippen LogP contribution in [0.2, 0.25) is 0 Å². The Balaban J connectivity index is 2.62. The molecule has 1 rings (SSSR count). The van der Waals surface area contributed by atoms with E-state index in [0.717, 1.165) is 11.8 Å². The van der Waals surface area contributed by atoms with E-state index in [2.05, 4.69) is 0 Å². The van der Waals surface area contributed by atoms with Gasteiger partial charge in [0.25, 0.3) is 0 Å². The van der Waals surface area contributed by atoms with E-state index < -0.39 is 9.84 Å². The summed E-state index contributed by atoms with van der Waals surface area (Å²) in [6.45, 7) is 1.72. The van der Waals surface area contributed by atoms with E-state index in [9.17, 15) is 13.2 Å². The van der Waals surface area contributed by atoms with Gasteiger partial charge in [0, 0.05) is 31.8 Å². The van der Waals surface area contributed by atoms with Gasteiger partial charge >= 0.3 is 0 Å². The highest BCUT2D eigenvalue weighted by Gasteiger charge is 2.21. The molecule has 1 aromatic carbocycles. The van der Waals surface area contributed by atoms with Crippen molar-refractivity contribution in [3.05, 3.63) is 35.9 Å². The molecule has 1 aromatic rings. The van der Waals surface area contributed by atoms with Crippen molar-refractivity contribution >= 4 is 15.7 Å². The van der Waals surface area contributed by atoms with Crippen molar-refractivity contribution in [3.63, 3.8) is 0 Å². The summed E-state index contributed by atoms with van der Waals surface area (Å²) < 4.78 is 22.5. The summed E-state index contributed by atoms with van der Waals surface area (Å²) in [5.74, 6) is -0.201. The lowest BCUT2D eigenvalue weighted by Crippen LogP contribution is -2.40. The van der Waals surface area contributed by atoms with Crippen LogP contribution >= 0.6 is 0 Å². The molecule has 0 saturated carbocycles. The maximum atomic E-state index is 12.1. The monoisotopic (exact) mass is 298 g/mol. The van der Waals surface area contributed by atoms with Crippen molar-refractivity contribution in [1.82, 2.24) is 4.90 Å². The van der Waals surface area contributed by atoms with Gasteiger partial charge in [0.1, 0.15) is 9.84 Å². The smallest absolute Gasteiger partial charge is 0.224 e. The van der Waals surface area contributed by atoms with Gasteiger partial charge in [0.15, 0.2) is 0 Å². The summed E-state index contributed by atoms with van der Waals surface area (Å²) in [6, 6.07) is 8.64. The summed E-state index contributed by atoms with van der Waals surface area (Å²) in [7, 11) is -1.50. The normalized spacial score (nSPS) is 14.6. The molecule has 0 spiro atoms. The minimum Gasteiger partial charge on any atom is -0.342 e. The van der Waals surface area contributed by atoms with Crippen LogP contribution in [0.5, 0.6) is 0 Å². The lowest BCUT2D eigenvalue weighted by Gasteiger charge is -2.25. The summed E-state index contributed by atoms with van der Waals surface area (Å²) in [4.78, 5) is 13.6. The number of carbonyl (C=O) groups is 1. The molecule has 0 aliphatic carbocycles. The Kier molecular flexibility index (Phi) is 5.71. The Morgan fingerprint density at radius 2 is 1.85 bits per heavy atom. The number of hydrogen-bond donors (Lipinski definition) is 1. The lowest BCUT2D eigenvalue weighted by atomic mass is 10.0. The van der Waals surface area contributed by atoms with Gasteiger partial charge in [0.2, 0.25) is 5.91 Å². The van der Waals surface area contributed by atoms with E-state index in [4.69, 9.17) is 5.73 Å². The van der Waals surface area contributed by atoms with Gasteiger partial charge in [-0.05, 0) is 12.5 Å². The van der Waals surface area contributed by atoms with Gasteiger partial charge in [-0.2, -0.15) is 0 Å². The minimum absolute atomic E-state index is 0.0458. The van der Waals surface area contributed by atoms with Gasteiger partial charge in [-0.25, -0.2) is 8.42 Å². The van der Waals surface area contributed by atoms with Crippen LogP contribution in [-0.2, 0) is 14.6 Å². The third-order valence-corrected chi connectivity index (χ3v) is 4.31. The van der Waals surface area contributed by atoms with Crippen molar-refractivity contribution in [2.45, 2.75) is 25.4 Å². The van der Waals surface area contributed by atoms with Gasteiger partial charge < -0.3 is 10.6 Å². The average molecular weight is 298 g/mol. The number of amides is 1. The van der Waals surface area contributed by atoms with Gasteiger partial charge in [0.05, 0.1) is 5.75 Å². The minimum atomic E-state index is -3.11. The predicted octanol–water partition coefficient (Wildman–Crippen LogP) is 0.968. The molecule has 5 nitrogen and oxygen atoms in total. The van der Waals surface area contributed by atoms with Crippen molar-refractivity contribution < 1.29 is 13.2 Å². The number of benzene rings is 1. The zero-order valence-corrected chi connectivity index (χ0v) is 12.9. The highest BCUT2D eigenvalue weighted by Crippen LogP contribution is 2.15. The Bertz CT molecular complexity index is 543. The number of rotatable bonds is 6. The second-order valence-corrected chi connectivity index (χ2v) is 7.35. The molecule has 0 bridgehead atoms. The fourth-order valence-electron chi connectivity index (χ4n) is 1.95. The third kappa shape index (κ3) is 5.30. The Morgan fingerprint density at radius 3 is 2.35 bits per heavy atom. The fourth-order valence-corrected chi connectivity index (χ4v) is 3.05. The van der Waals surface area contributed by atoms with Crippen molar-refractivity contribution in [2.75, 3.05) is 19.1 Å². The summed E-state index contributed by atoms with van der Waals surface area (Å²) in [6.07, 6.45) is 1.33. The first-order valence-electron chi connectivity index (χ1n) is 6.44. The van der Waals surface area contributed by atoms with Gasteiger partial charge in [-0.3, -0.25) is 4.79 Å². The Morgan fingerprint density at radius 1 is 1.30 bits per heavy atom. The molecule has 0 heterocycles. The SMILES string of the molecule is CC(CS(C)(=O)=O)N(C)C(=O)CC(N)c1ccccc1. The number of hydrogen-bond acceptors (Lipinski definition) is 4. The largest absolute Gasteiger partial charge is 0.342 e. The molecule has 2 N–H and O–H groups in total. The molecular formula is C14H22N2O3S. The molecule has 0 aromatic heterocycles. The van der Waals surface area contributed by atoms with Crippen LogP contribution in [0.3, 0.4) is 0 Å². The fraction of sp³-hybridized carbons (Fsp3) is 0.500. The number of sulfone groups is 1. The molecule has 6 heteroatoms. The molecular weight excluding hydrogens is 276 g/mol. The molecule has 20 heavy (non-hydrogen) atoms. The molecule has 0 aliphatic rings. The highest BCUT2D eigenvalue weighted by molar-refractivity contribution is 7.90. The van der Waals surface area contributed by atoms with E-state index >= 15 is 0 Å². The summed E-state index contributed by atoms with van der Waals surface area (Å²) >= 11 is 0. The number of carbonyl (C=O) groups excluding carboxylic acids is 1. The Labute approximate surface area is 120 Å². The highest BCUT2D eigenvalue weighted by atomic mass is 32.2. The van der Waals surface area contributed by atoms with Crippen LogP contribution in [0.1, 0.15) is 24.9 Å². The predicted molar refractivity (Wildman–Crippen MR) is 79.9 cm³/mol. The zero-order valence-electron chi connectivity index (χ0n) is 12.1. The second kappa shape index (κ2) is 6.85. The van der Waals surface area contributed by atoms with Crippen molar-refractivity contribution in [1.29, 1.82) is 0 Å². The number of nitrogens with two attached hydrogens (primary N) is 1. The van der Waals surface area contributed by atoms with E-state index in [0.29, 0.717) is 0 Å². The summed E-state index contributed by atoms with van der Waals surface area (Å²) in [5, 5.41) is 0. The van der Waals surface area contributed by atoms with E-state index in [1.54, 1.807) is 14.0 Å². The molecule has 1 amide bonds. The average Bonchev–Trinajstić information content (AvgIpc) is 2.36. The first-order chi connectivity index (χ1) is 9.20. The summed E-state index contributed by atoms with van der Waals surface area (Å²) in [5.41, 5.74) is 6.89. The first-order valence-corrected chi connectivity index (χ1v) is 8.50. The topological polar surface area (TPSA) is 80.5 Å². The van der Waals surface area contributed by atoms with Crippen LogP contribution in [0.25, 0.3) is 0 Å². The Hall–Kier alpha value is -1.40. The standard InChI is InChI=1S/C14H22N2O3S/c1-11(10-20(3,18)19)16(2)14(17)9-13(15)12-7-5-4-6-8-12/h4-8,11,13H,9-10,15H2,1-3H3. The van der Waals surface area contributed by atoms with Crippen molar-refractivity contribution in [3.8, 4) is 0 Å². The van der Waals surface area contributed by atoms with Gasteiger partial charge in [-0.15, -0.1) is 0 Å². The maximum absolute atomic E-state index is 12.1. The zero-order chi connectivity index (χ0) is 15.3. The van der Waals surface area contributed by atoms with Crippen LogP contribution in [0.15, 0.2) is 30.3 Å². The van der Waals surface area contributed by atoms with Crippen LogP contribution < -0.4 is 5.73 Å². The molecule has 0 aliphatic heterocycles. The van der Waals surface area contributed by atoms with Crippen LogP contribution in [-0.4, -0.2) is 44.3 Å². The van der Waals surface area contributed by atoms with Gasteiger partial charge in [-0.1, -0.05) is 30.3 Å². The number of nitrogens with zero attached hydrogens (tertiary/aromatic N) is 1. The molecule has 0 saturated heterocycles. The van der Waals surface area contributed by atoms with Crippen molar-refractivity contribution in [2.24, 2.45) is 5.73 Å². The van der Waals surface area contributed by atoms with E-state index in [1.165, 1.54) is 4.90 Å². The quantitative estimate of drug-likeness (QED) is 0.848. The van der Waals surface area contributed by atoms with E-state index in [-0.39, 0.29) is 30.2 Å². The first kappa shape index (κ1) is 16.7. The van der Waals surface area contributed by atoms with Crippen LogP contribution in [0, 0.1) is 0 Å². The van der Waals surface area contributed by atoms with E-state index in [1.807, 2.05) is 30.3 Å². The molecule has 112 valence electrons. The third-order valence-electron chi connectivity index (χ3n) is 3.22. The molecule has 0 radical (unpaired) electrons. The molecule has 0 fully saturated rings.